The Kier molecular flexibility index (Phi) is 4.09. The molecule has 0 saturated carbocycles. The number of rotatable bonds is 3. The molecule has 0 saturated heterocycles. The number of nitrogens with one attached hydrogen (secondary N) is 3. The van der Waals surface area contributed by atoms with Crippen LogP contribution >= 0.6 is 0 Å². The number of hydrogen-bond acceptors (Lipinski definition) is 5. The monoisotopic (exact) mass is 347 g/mol. The number of urea groups is 1. The van der Waals surface area contributed by atoms with E-state index in [2.05, 4.69) is 10.6 Å². The predicted octanol–water partition coefficient (Wildman–Crippen LogP) is 2.26. The van der Waals surface area contributed by atoms with Gasteiger partial charge in [0.25, 0.3) is 10.0 Å². The SMILES string of the molecule is O=C1Nc2ccc(NC(=O)OCc3ccccc3)cc2S(=O)(=O)N1. The van der Waals surface area contributed by atoms with Gasteiger partial charge in [-0.1, -0.05) is 30.3 Å². The highest BCUT2D eigenvalue weighted by molar-refractivity contribution is 7.90. The van der Waals surface area contributed by atoms with Crippen LogP contribution in [-0.4, -0.2) is 20.5 Å². The van der Waals surface area contributed by atoms with E-state index in [0.29, 0.717) is 0 Å². The number of fused-ring (bicyclic) bond motifs is 1. The number of ether oxygens (including phenoxy) is 1. The van der Waals surface area contributed by atoms with Gasteiger partial charge in [0.1, 0.15) is 11.5 Å². The summed E-state index contributed by atoms with van der Waals surface area (Å²) in [6.45, 7) is 0.0908. The molecule has 0 unspecified atom stereocenters. The van der Waals surface area contributed by atoms with Gasteiger partial charge in [-0.05, 0) is 23.8 Å². The van der Waals surface area contributed by atoms with Crippen molar-refractivity contribution in [3.8, 4) is 0 Å². The van der Waals surface area contributed by atoms with E-state index in [0.717, 1.165) is 5.56 Å². The van der Waals surface area contributed by atoms with E-state index < -0.39 is 22.1 Å². The van der Waals surface area contributed by atoms with Crippen molar-refractivity contribution in [2.75, 3.05) is 10.6 Å². The van der Waals surface area contributed by atoms with Crippen LogP contribution < -0.4 is 15.4 Å². The minimum absolute atomic E-state index is 0.0908. The van der Waals surface area contributed by atoms with E-state index >= 15 is 0 Å². The molecule has 2 aromatic rings. The Balaban J connectivity index is 1.70. The van der Waals surface area contributed by atoms with Crippen LogP contribution in [0.2, 0.25) is 0 Å². The lowest BCUT2D eigenvalue weighted by molar-refractivity contribution is 0.155. The van der Waals surface area contributed by atoms with Crippen LogP contribution in [0.3, 0.4) is 0 Å². The first-order valence-corrected chi connectivity index (χ1v) is 8.38. The van der Waals surface area contributed by atoms with E-state index in [1.54, 1.807) is 0 Å². The molecule has 1 aliphatic rings. The standard InChI is InChI=1S/C15H13N3O5S/c19-14-17-12-7-6-11(8-13(12)24(21,22)18-14)16-15(20)23-9-10-4-2-1-3-5-10/h1-8H,9H2,(H,16,20)(H2,17,18,19). The maximum Gasteiger partial charge on any atom is 0.411 e. The number of anilines is 2. The summed E-state index contributed by atoms with van der Waals surface area (Å²) in [7, 11) is -3.96. The number of carbonyl (C=O) groups excluding carboxylic acids is 2. The van der Waals surface area contributed by atoms with E-state index in [4.69, 9.17) is 4.74 Å². The lowest BCUT2D eigenvalue weighted by Crippen LogP contribution is -2.39. The molecule has 1 heterocycles. The Morgan fingerprint density at radius 1 is 1.12 bits per heavy atom. The van der Waals surface area contributed by atoms with Gasteiger partial charge in [-0.2, -0.15) is 0 Å². The van der Waals surface area contributed by atoms with Gasteiger partial charge in [0.15, 0.2) is 0 Å². The molecule has 3 N–H and O–H groups in total. The van der Waals surface area contributed by atoms with Crippen LogP contribution in [0, 0.1) is 0 Å². The van der Waals surface area contributed by atoms with Crippen molar-refractivity contribution in [1.82, 2.24) is 4.72 Å². The van der Waals surface area contributed by atoms with E-state index in [1.165, 1.54) is 18.2 Å². The van der Waals surface area contributed by atoms with E-state index in [-0.39, 0.29) is 22.9 Å². The fourth-order valence-corrected chi connectivity index (χ4v) is 3.22. The van der Waals surface area contributed by atoms with Crippen molar-refractivity contribution in [1.29, 1.82) is 0 Å². The van der Waals surface area contributed by atoms with Gasteiger partial charge in [0.05, 0.1) is 5.69 Å². The third kappa shape index (κ3) is 3.46. The zero-order valence-corrected chi connectivity index (χ0v) is 13.1. The van der Waals surface area contributed by atoms with Crippen molar-refractivity contribution < 1.29 is 22.7 Å². The van der Waals surface area contributed by atoms with E-state index in [9.17, 15) is 18.0 Å². The molecule has 8 nitrogen and oxygen atoms in total. The number of carbonyl (C=O) groups is 2. The van der Waals surface area contributed by atoms with Gasteiger partial charge in [0, 0.05) is 5.69 Å². The van der Waals surface area contributed by atoms with Gasteiger partial charge >= 0.3 is 12.1 Å². The molecule has 0 aromatic heterocycles. The Labute approximate surface area is 137 Å². The number of hydrogen-bond donors (Lipinski definition) is 3. The van der Waals surface area contributed by atoms with Crippen LogP contribution in [-0.2, 0) is 21.4 Å². The zero-order chi connectivity index (χ0) is 17.2. The molecule has 2 aromatic carbocycles. The molecule has 0 bridgehead atoms. The Bertz CT molecular complexity index is 897. The lowest BCUT2D eigenvalue weighted by atomic mass is 10.2. The van der Waals surface area contributed by atoms with Crippen LogP contribution in [0.5, 0.6) is 0 Å². The summed E-state index contributed by atoms with van der Waals surface area (Å²) >= 11 is 0. The number of sulfonamides is 1. The molecule has 124 valence electrons. The molecule has 0 fully saturated rings. The molecular formula is C15H13N3O5S. The molecular weight excluding hydrogens is 334 g/mol. The molecule has 3 amide bonds. The average Bonchev–Trinajstić information content (AvgIpc) is 2.54. The Morgan fingerprint density at radius 3 is 2.62 bits per heavy atom. The van der Waals surface area contributed by atoms with Crippen molar-refractivity contribution in [2.24, 2.45) is 0 Å². The minimum atomic E-state index is -3.96. The predicted molar refractivity (Wildman–Crippen MR) is 86.0 cm³/mol. The molecule has 3 rings (SSSR count). The molecule has 0 atom stereocenters. The summed E-state index contributed by atoms with van der Waals surface area (Å²) < 4.78 is 30.7. The topological polar surface area (TPSA) is 114 Å². The average molecular weight is 347 g/mol. The van der Waals surface area contributed by atoms with Gasteiger partial charge in [-0.25, -0.2) is 22.7 Å². The molecule has 0 spiro atoms. The molecule has 1 aliphatic heterocycles. The first kappa shape index (κ1) is 15.8. The summed E-state index contributed by atoms with van der Waals surface area (Å²) in [5.41, 5.74) is 1.20. The fourth-order valence-electron chi connectivity index (χ4n) is 2.13. The second-order valence-corrected chi connectivity index (χ2v) is 6.61. The third-order valence-electron chi connectivity index (χ3n) is 3.21. The highest BCUT2D eigenvalue weighted by Crippen LogP contribution is 2.27. The van der Waals surface area contributed by atoms with Crippen molar-refractivity contribution >= 4 is 33.5 Å². The summed E-state index contributed by atoms with van der Waals surface area (Å²) in [6, 6.07) is 12.4. The van der Waals surface area contributed by atoms with Crippen LogP contribution in [0.4, 0.5) is 21.0 Å². The quantitative estimate of drug-likeness (QED) is 0.788. The highest BCUT2D eigenvalue weighted by atomic mass is 32.2. The smallest absolute Gasteiger partial charge is 0.411 e. The van der Waals surface area contributed by atoms with Gasteiger partial charge in [-0.3, -0.25) is 5.32 Å². The summed E-state index contributed by atoms with van der Waals surface area (Å²) in [5, 5.41) is 4.81. The Morgan fingerprint density at radius 2 is 1.88 bits per heavy atom. The Hall–Kier alpha value is -3.07. The second-order valence-electron chi connectivity index (χ2n) is 4.96. The van der Waals surface area contributed by atoms with Gasteiger partial charge in [0.2, 0.25) is 0 Å². The van der Waals surface area contributed by atoms with Crippen LogP contribution in [0.1, 0.15) is 5.56 Å². The summed E-state index contributed by atoms with van der Waals surface area (Å²) in [6.07, 6.45) is -0.719. The van der Waals surface area contributed by atoms with Crippen molar-refractivity contribution in [3.05, 3.63) is 54.1 Å². The van der Waals surface area contributed by atoms with Crippen LogP contribution in [0.25, 0.3) is 0 Å². The first-order chi connectivity index (χ1) is 11.4. The normalized spacial score (nSPS) is 14.8. The minimum Gasteiger partial charge on any atom is -0.444 e. The molecule has 0 aliphatic carbocycles. The molecule has 9 heteroatoms. The van der Waals surface area contributed by atoms with E-state index in [1.807, 2.05) is 35.1 Å². The zero-order valence-electron chi connectivity index (χ0n) is 12.3. The second kappa shape index (κ2) is 6.20. The molecule has 0 radical (unpaired) electrons. The summed E-state index contributed by atoms with van der Waals surface area (Å²) in [4.78, 5) is 22.9. The number of amides is 3. The molecule has 24 heavy (non-hydrogen) atoms. The number of benzene rings is 2. The van der Waals surface area contributed by atoms with Crippen molar-refractivity contribution in [3.63, 3.8) is 0 Å². The summed E-state index contributed by atoms with van der Waals surface area (Å²) in [5.74, 6) is 0. The maximum atomic E-state index is 11.9. The first-order valence-electron chi connectivity index (χ1n) is 6.89. The fraction of sp³-hybridized carbons (Fsp3) is 0.0667. The maximum absolute atomic E-state index is 11.9. The van der Waals surface area contributed by atoms with Gasteiger partial charge in [-0.15, -0.1) is 0 Å². The lowest BCUT2D eigenvalue weighted by Gasteiger charge is -2.19. The largest absolute Gasteiger partial charge is 0.444 e. The highest BCUT2D eigenvalue weighted by Gasteiger charge is 2.28. The van der Waals surface area contributed by atoms with Crippen molar-refractivity contribution in [2.45, 2.75) is 11.5 Å². The third-order valence-corrected chi connectivity index (χ3v) is 4.58. The van der Waals surface area contributed by atoms with Gasteiger partial charge < -0.3 is 10.1 Å². The van der Waals surface area contributed by atoms with Crippen LogP contribution in [0.15, 0.2) is 53.4 Å².